The fourth-order valence-electron chi connectivity index (χ4n) is 5.93. The summed E-state index contributed by atoms with van der Waals surface area (Å²) in [5.41, 5.74) is 0.496. The first-order valence-electron chi connectivity index (χ1n) is 11.5. The maximum Gasteiger partial charge on any atom is 0.332 e. The smallest absolute Gasteiger partial charge is 0.312 e. The lowest BCUT2D eigenvalue weighted by atomic mass is 9.75. The molecule has 0 unspecified atom stereocenters. The summed E-state index contributed by atoms with van der Waals surface area (Å²) in [6.07, 6.45) is 1.20. The third-order valence-electron chi connectivity index (χ3n) is 7.47. The number of piperidine rings is 1. The van der Waals surface area contributed by atoms with Crippen molar-refractivity contribution in [1.29, 1.82) is 0 Å². The topological polar surface area (TPSA) is 82.9 Å². The number of amides is 4. The largest absolute Gasteiger partial charge is 0.332 e. The van der Waals surface area contributed by atoms with Crippen molar-refractivity contribution in [3.63, 3.8) is 0 Å². The number of imide groups is 2. The van der Waals surface area contributed by atoms with E-state index in [9.17, 15) is 19.2 Å². The van der Waals surface area contributed by atoms with Gasteiger partial charge in [0.1, 0.15) is 5.41 Å². The fraction of sp³-hybridized carbons (Fsp3) is 0.440. The van der Waals surface area contributed by atoms with Crippen molar-refractivity contribution in [2.75, 3.05) is 33.7 Å². The summed E-state index contributed by atoms with van der Waals surface area (Å²) in [5, 5.41) is 0. The van der Waals surface area contributed by atoms with Crippen LogP contribution in [0.3, 0.4) is 0 Å². The van der Waals surface area contributed by atoms with Crippen molar-refractivity contribution in [1.82, 2.24) is 19.3 Å². The van der Waals surface area contributed by atoms with Gasteiger partial charge in [0.05, 0.1) is 0 Å². The molecule has 2 aromatic rings. The Morgan fingerprint density at radius 3 is 2.26 bits per heavy atom. The average molecular weight is 527 g/mol. The van der Waals surface area contributed by atoms with Gasteiger partial charge in [0, 0.05) is 62.4 Å². The number of carbonyl (C=O) groups excluding carboxylic acids is 3. The molecule has 0 N–H and O–H groups in total. The van der Waals surface area contributed by atoms with Gasteiger partial charge in [0.2, 0.25) is 11.8 Å². The minimum absolute atomic E-state index is 0.0201. The molecule has 9 heteroatoms. The zero-order valence-electron chi connectivity index (χ0n) is 19.2. The number of rotatable bonds is 4. The van der Waals surface area contributed by atoms with Gasteiger partial charge in [-0.25, -0.2) is 4.79 Å². The zero-order valence-corrected chi connectivity index (χ0v) is 20.8. The molecular formula is C25H27BrN4O4. The van der Waals surface area contributed by atoms with Gasteiger partial charge in [0.15, 0.2) is 0 Å². The predicted octanol–water partition coefficient (Wildman–Crippen LogP) is 2.31. The second kappa shape index (κ2) is 8.46. The van der Waals surface area contributed by atoms with E-state index in [0.29, 0.717) is 19.6 Å². The molecule has 4 amide bonds. The van der Waals surface area contributed by atoms with E-state index >= 15 is 0 Å². The summed E-state index contributed by atoms with van der Waals surface area (Å²) >= 11 is 3.43. The molecule has 3 aliphatic rings. The lowest BCUT2D eigenvalue weighted by Crippen LogP contribution is -2.67. The van der Waals surface area contributed by atoms with E-state index in [1.807, 2.05) is 34.9 Å². The first-order chi connectivity index (χ1) is 16.2. The first-order valence-corrected chi connectivity index (χ1v) is 12.3. The summed E-state index contributed by atoms with van der Waals surface area (Å²) in [6.45, 7) is 2.22. The zero-order chi connectivity index (χ0) is 24.2. The van der Waals surface area contributed by atoms with Crippen molar-refractivity contribution in [2.45, 2.75) is 25.3 Å². The van der Waals surface area contributed by atoms with E-state index < -0.39 is 23.3 Å². The van der Waals surface area contributed by atoms with Crippen molar-refractivity contribution >= 4 is 33.8 Å². The lowest BCUT2D eigenvalue weighted by Gasteiger charge is -2.48. The summed E-state index contributed by atoms with van der Waals surface area (Å²) < 4.78 is 2.78. The van der Waals surface area contributed by atoms with Crippen molar-refractivity contribution < 1.29 is 14.4 Å². The molecule has 2 saturated heterocycles. The van der Waals surface area contributed by atoms with Crippen molar-refractivity contribution in [2.24, 2.45) is 11.3 Å². The molecule has 2 bridgehead atoms. The van der Waals surface area contributed by atoms with Gasteiger partial charge in [-0.05, 0) is 42.5 Å². The Bertz CT molecular complexity index is 1200. The van der Waals surface area contributed by atoms with Gasteiger partial charge in [-0.3, -0.25) is 24.2 Å². The highest BCUT2D eigenvalue weighted by Gasteiger charge is 2.56. The molecule has 0 spiro atoms. The predicted molar refractivity (Wildman–Crippen MR) is 129 cm³/mol. The minimum Gasteiger partial charge on any atom is -0.312 e. The molecular weight excluding hydrogens is 500 g/mol. The third kappa shape index (κ3) is 3.71. The molecule has 34 heavy (non-hydrogen) atoms. The Morgan fingerprint density at radius 2 is 1.59 bits per heavy atom. The van der Waals surface area contributed by atoms with E-state index in [1.165, 1.54) is 14.1 Å². The third-order valence-corrected chi connectivity index (χ3v) is 8.00. The number of halogens is 1. The molecule has 0 saturated carbocycles. The number of benzene rings is 1. The average Bonchev–Trinajstić information content (AvgIpc) is 2.82. The van der Waals surface area contributed by atoms with Gasteiger partial charge in [-0.15, -0.1) is 0 Å². The van der Waals surface area contributed by atoms with E-state index in [0.717, 1.165) is 32.0 Å². The molecule has 1 aromatic carbocycles. The number of hydrogen-bond acceptors (Lipinski definition) is 5. The first kappa shape index (κ1) is 23.0. The van der Waals surface area contributed by atoms with Crippen LogP contribution in [0.4, 0.5) is 4.79 Å². The van der Waals surface area contributed by atoms with Crippen LogP contribution >= 0.6 is 15.9 Å². The van der Waals surface area contributed by atoms with Gasteiger partial charge in [-0.2, -0.15) is 0 Å². The SMILES string of the molecule is CN1C(=O)N(C)C(=O)C(Cc2ccc(Br)cc2)(CN2C[C@H]3C[C@@H](C2)c2cccc(=O)n2C3)C1=O. The maximum atomic E-state index is 13.6. The Balaban J connectivity index is 1.50. The van der Waals surface area contributed by atoms with Crippen molar-refractivity contribution in [3.05, 3.63) is 68.5 Å². The van der Waals surface area contributed by atoms with Gasteiger partial charge in [-0.1, -0.05) is 34.1 Å². The van der Waals surface area contributed by atoms with Crippen LogP contribution in [0.15, 0.2) is 51.7 Å². The molecule has 0 aliphatic carbocycles. The van der Waals surface area contributed by atoms with E-state index in [4.69, 9.17) is 0 Å². The minimum atomic E-state index is -1.40. The van der Waals surface area contributed by atoms with Gasteiger partial charge in [0.25, 0.3) is 5.56 Å². The van der Waals surface area contributed by atoms with Crippen LogP contribution in [-0.2, 0) is 22.6 Å². The normalized spacial score (nSPS) is 24.4. The number of aromatic nitrogens is 1. The van der Waals surface area contributed by atoms with Crippen LogP contribution in [0.1, 0.15) is 23.6 Å². The van der Waals surface area contributed by atoms with Crippen LogP contribution < -0.4 is 5.56 Å². The van der Waals surface area contributed by atoms with E-state index in [2.05, 4.69) is 20.8 Å². The Kier molecular flexibility index (Phi) is 5.72. The Morgan fingerprint density at radius 1 is 0.912 bits per heavy atom. The second-order valence-corrected chi connectivity index (χ2v) is 10.7. The van der Waals surface area contributed by atoms with Crippen LogP contribution in [0.5, 0.6) is 0 Å². The number of carbonyl (C=O) groups is 3. The number of pyridine rings is 1. The van der Waals surface area contributed by atoms with Crippen LogP contribution in [0.25, 0.3) is 0 Å². The molecule has 8 nitrogen and oxygen atoms in total. The molecule has 178 valence electrons. The number of hydrogen-bond donors (Lipinski definition) is 0. The van der Waals surface area contributed by atoms with Crippen LogP contribution in [0.2, 0.25) is 0 Å². The maximum absolute atomic E-state index is 13.6. The number of likely N-dealkylation sites (tertiary alicyclic amines) is 1. The highest BCUT2D eigenvalue weighted by Crippen LogP contribution is 2.39. The highest BCUT2D eigenvalue weighted by atomic mass is 79.9. The number of nitrogens with zero attached hydrogens (tertiary/aromatic N) is 4. The molecule has 1 aromatic heterocycles. The highest BCUT2D eigenvalue weighted by molar-refractivity contribution is 9.10. The van der Waals surface area contributed by atoms with Crippen LogP contribution in [0, 0.1) is 11.3 Å². The van der Waals surface area contributed by atoms with Gasteiger partial charge < -0.3 is 9.47 Å². The van der Waals surface area contributed by atoms with Gasteiger partial charge >= 0.3 is 6.03 Å². The molecule has 0 radical (unpaired) electrons. The van der Waals surface area contributed by atoms with E-state index in [1.54, 1.807) is 12.1 Å². The fourth-order valence-corrected chi connectivity index (χ4v) is 6.20. The van der Waals surface area contributed by atoms with E-state index in [-0.39, 0.29) is 30.4 Å². The summed E-state index contributed by atoms with van der Waals surface area (Å²) in [4.78, 5) is 56.5. The second-order valence-electron chi connectivity index (χ2n) is 9.79. The molecule has 4 heterocycles. The monoisotopic (exact) mass is 526 g/mol. The summed E-state index contributed by atoms with van der Waals surface area (Å²) in [7, 11) is 2.88. The Hall–Kier alpha value is -2.78. The number of fused-ring (bicyclic) bond motifs is 4. The molecule has 2 fully saturated rings. The Labute approximate surface area is 206 Å². The standard InChI is InChI=1S/C25H27BrN4O4/c1-27-22(32)25(23(33)28(2)24(27)34,11-16-6-8-19(26)9-7-16)15-29-12-17-10-18(14-29)20-4-3-5-21(31)30(20)13-17/h3-9,17-18H,10-15H2,1-2H3/t17-,18+/m1/s1. The molecule has 2 atom stereocenters. The quantitative estimate of drug-likeness (QED) is 0.571. The lowest BCUT2D eigenvalue weighted by molar-refractivity contribution is -0.159. The summed E-state index contributed by atoms with van der Waals surface area (Å²) in [5.74, 6) is -0.495. The van der Waals surface area contributed by atoms with Crippen molar-refractivity contribution in [3.8, 4) is 0 Å². The number of barbiturate groups is 1. The number of urea groups is 1. The molecule has 3 aliphatic heterocycles. The molecule has 5 rings (SSSR count). The van der Waals surface area contributed by atoms with Crippen LogP contribution in [-0.4, -0.2) is 70.8 Å². The summed E-state index contributed by atoms with van der Waals surface area (Å²) in [6, 6.07) is 12.4.